The molecule has 0 atom stereocenters. The van der Waals surface area contributed by atoms with Crippen LogP contribution in [-0.2, 0) is 0 Å². The molecule has 0 aliphatic rings. The fraction of sp³-hybridized carbons (Fsp3) is 0.167. The Hall–Kier alpha value is -1.50. The minimum Gasteiger partial charge on any atom is -0.357 e. The van der Waals surface area contributed by atoms with Gasteiger partial charge in [0.15, 0.2) is 0 Å². The second kappa shape index (κ2) is 3.09. The van der Waals surface area contributed by atoms with E-state index in [4.69, 9.17) is 0 Å². The molecule has 1 nitrogen and oxygen atoms in total. The van der Waals surface area contributed by atoms with Gasteiger partial charge < -0.3 is 4.98 Å². The summed E-state index contributed by atoms with van der Waals surface area (Å²) in [6.07, 6.45) is 3.11. The van der Waals surface area contributed by atoms with E-state index >= 15 is 0 Å². The molecule has 2 rings (SSSR count). The van der Waals surface area contributed by atoms with Gasteiger partial charge in [-0.2, -0.15) is 0 Å². The largest absolute Gasteiger partial charge is 0.357 e. The predicted octanol–water partition coefficient (Wildman–Crippen LogP) is 3.10. The van der Waals surface area contributed by atoms with Crippen molar-refractivity contribution in [1.29, 1.82) is 0 Å². The highest BCUT2D eigenvalue weighted by molar-refractivity contribution is 5.69. The van der Waals surface area contributed by atoms with Gasteiger partial charge in [-0.1, -0.05) is 30.3 Å². The molecule has 1 aromatic heterocycles. The predicted molar refractivity (Wildman–Crippen MR) is 54.5 cm³/mol. The van der Waals surface area contributed by atoms with Crippen molar-refractivity contribution in [3.8, 4) is 11.1 Å². The molecule has 1 heterocycles. The molecule has 13 heavy (non-hydrogen) atoms. The molecule has 0 spiro atoms. The number of benzene rings is 1. The Kier molecular flexibility index (Phi) is 1.93. The minimum atomic E-state index is 1.18. The molecule has 2 aromatic rings. The average Bonchev–Trinajstić information content (AvgIpc) is 2.48. The molecule has 0 bridgehead atoms. The number of aromatic nitrogens is 1. The highest BCUT2D eigenvalue weighted by Crippen LogP contribution is 2.25. The van der Waals surface area contributed by atoms with Crippen LogP contribution in [-0.4, -0.2) is 4.98 Å². The Labute approximate surface area is 78.4 Å². The summed E-state index contributed by atoms with van der Waals surface area (Å²) in [5.74, 6) is 0. The Morgan fingerprint density at radius 1 is 1.08 bits per heavy atom. The van der Waals surface area contributed by atoms with Gasteiger partial charge in [0, 0.05) is 11.3 Å². The first-order chi connectivity index (χ1) is 6.29. The van der Waals surface area contributed by atoms with Gasteiger partial charge in [-0.15, -0.1) is 0 Å². The van der Waals surface area contributed by atoms with Crippen LogP contribution in [0.2, 0.25) is 0 Å². The fourth-order valence-corrected chi connectivity index (χ4v) is 1.63. The summed E-state index contributed by atoms with van der Waals surface area (Å²) < 4.78 is 0. The monoisotopic (exact) mass is 170 g/mol. The lowest BCUT2D eigenvalue weighted by Crippen LogP contribution is -1.80. The third-order valence-corrected chi connectivity index (χ3v) is 2.25. The third kappa shape index (κ3) is 1.37. The van der Waals surface area contributed by atoms with E-state index in [9.17, 15) is 0 Å². The first kappa shape index (κ1) is 8.11. The number of nitrogens with one attached hydrogen (secondary N) is 1. The van der Waals surface area contributed by atoms with Gasteiger partial charge in [-0.05, 0) is 25.0 Å². The maximum Gasteiger partial charge on any atom is 0.0660 e. The van der Waals surface area contributed by atoms with E-state index in [1.54, 1.807) is 0 Å². The van der Waals surface area contributed by atoms with Gasteiger partial charge in [0.2, 0.25) is 0 Å². The standard InChI is InChI=1S/C12H12N/c1-9-8-13-10(2)12(9)11-6-4-3-5-7-11/h3-7,13H,1-2H3. The molecule has 0 amide bonds. The molecule has 1 N–H and O–H groups in total. The molecule has 1 heteroatoms. The Bertz CT molecular complexity index is 379. The number of aryl methyl sites for hydroxylation is 2. The first-order valence-corrected chi connectivity index (χ1v) is 4.41. The van der Waals surface area contributed by atoms with E-state index in [-0.39, 0.29) is 0 Å². The van der Waals surface area contributed by atoms with E-state index in [0.717, 1.165) is 0 Å². The van der Waals surface area contributed by atoms with Crippen molar-refractivity contribution in [2.45, 2.75) is 13.8 Å². The van der Waals surface area contributed by atoms with Crippen molar-refractivity contribution in [1.82, 2.24) is 4.98 Å². The maximum atomic E-state index is 3.11. The topological polar surface area (TPSA) is 15.8 Å². The average molecular weight is 170 g/mol. The molecule has 65 valence electrons. The zero-order valence-corrected chi connectivity index (χ0v) is 7.89. The van der Waals surface area contributed by atoms with Gasteiger partial charge in [-0.25, -0.2) is 0 Å². The zero-order chi connectivity index (χ0) is 9.26. The summed E-state index contributed by atoms with van der Waals surface area (Å²) >= 11 is 0. The highest BCUT2D eigenvalue weighted by atomic mass is 14.7. The van der Waals surface area contributed by atoms with Gasteiger partial charge in [-0.3, -0.25) is 0 Å². The van der Waals surface area contributed by atoms with Crippen LogP contribution >= 0.6 is 0 Å². The fourth-order valence-electron chi connectivity index (χ4n) is 1.63. The molecule has 0 aliphatic carbocycles. The molecular formula is C12H12N. The number of hydrogen-bond donors (Lipinski definition) is 1. The quantitative estimate of drug-likeness (QED) is 0.677. The molecule has 0 aliphatic heterocycles. The molecule has 0 unspecified atom stereocenters. The van der Waals surface area contributed by atoms with Crippen molar-refractivity contribution in [2.75, 3.05) is 0 Å². The van der Waals surface area contributed by atoms with E-state index < -0.39 is 0 Å². The summed E-state index contributed by atoms with van der Waals surface area (Å²) in [6.45, 7) is 4.15. The van der Waals surface area contributed by atoms with Crippen LogP contribution in [0.3, 0.4) is 0 Å². The second-order valence-corrected chi connectivity index (χ2v) is 3.24. The van der Waals surface area contributed by atoms with Crippen LogP contribution < -0.4 is 0 Å². The number of aromatic amines is 1. The lowest BCUT2D eigenvalue weighted by molar-refractivity contribution is 1.25. The molecule has 0 saturated heterocycles. The van der Waals surface area contributed by atoms with Crippen molar-refractivity contribution in [2.24, 2.45) is 0 Å². The second-order valence-electron chi connectivity index (χ2n) is 3.24. The maximum absolute atomic E-state index is 3.11. The van der Waals surface area contributed by atoms with Crippen LogP contribution in [0.1, 0.15) is 11.3 Å². The van der Waals surface area contributed by atoms with Gasteiger partial charge in [0.1, 0.15) is 0 Å². The highest BCUT2D eigenvalue weighted by Gasteiger charge is 2.05. The summed E-state index contributed by atoms with van der Waals surface area (Å²) in [4.78, 5) is 3.11. The molecule has 1 aromatic carbocycles. The van der Waals surface area contributed by atoms with Crippen LogP contribution in [0.4, 0.5) is 0 Å². The normalized spacial score (nSPS) is 10.3. The van der Waals surface area contributed by atoms with Crippen molar-refractivity contribution in [3.05, 3.63) is 47.8 Å². The van der Waals surface area contributed by atoms with Crippen LogP contribution in [0.25, 0.3) is 11.1 Å². The van der Waals surface area contributed by atoms with Gasteiger partial charge in [0.25, 0.3) is 0 Å². The summed E-state index contributed by atoms with van der Waals surface area (Å²) in [7, 11) is 0. The molecular weight excluding hydrogens is 158 g/mol. The first-order valence-electron chi connectivity index (χ1n) is 4.41. The Morgan fingerprint density at radius 3 is 2.31 bits per heavy atom. The van der Waals surface area contributed by atoms with Crippen LogP contribution in [0.5, 0.6) is 0 Å². The van der Waals surface area contributed by atoms with Crippen molar-refractivity contribution in [3.63, 3.8) is 0 Å². The van der Waals surface area contributed by atoms with E-state index in [1.807, 2.05) is 6.07 Å². The van der Waals surface area contributed by atoms with Gasteiger partial charge in [0.05, 0.1) is 6.20 Å². The minimum absolute atomic E-state index is 1.18. The zero-order valence-electron chi connectivity index (χ0n) is 7.89. The number of H-pyrrole nitrogens is 1. The molecule has 0 saturated carbocycles. The van der Waals surface area contributed by atoms with Gasteiger partial charge >= 0.3 is 0 Å². The van der Waals surface area contributed by atoms with Crippen LogP contribution in [0.15, 0.2) is 30.3 Å². The molecule has 0 fully saturated rings. The summed E-state index contributed by atoms with van der Waals surface area (Å²) in [6, 6.07) is 10.4. The number of rotatable bonds is 1. The van der Waals surface area contributed by atoms with Crippen molar-refractivity contribution >= 4 is 0 Å². The van der Waals surface area contributed by atoms with E-state index in [1.165, 1.54) is 22.4 Å². The lowest BCUT2D eigenvalue weighted by atomic mass is 10.0. The van der Waals surface area contributed by atoms with E-state index in [2.05, 4.69) is 49.3 Å². The van der Waals surface area contributed by atoms with E-state index in [0.29, 0.717) is 0 Å². The Morgan fingerprint density at radius 2 is 1.77 bits per heavy atom. The Balaban J connectivity index is 2.59. The molecule has 1 radical (unpaired) electrons. The lowest BCUT2D eigenvalue weighted by Gasteiger charge is -2.01. The summed E-state index contributed by atoms with van der Waals surface area (Å²) in [5, 5.41) is 0. The van der Waals surface area contributed by atoms with Crippen LogP contribution in [0, 0.1) is 20.0 Å². The SMILES string of the molecule is Cc1[c][nH]c(C)c1-c1ccccc1. The third-order valence-electron chi connectivity index (χ3n) is 2.25. The van der Waals surface area contributed by atoms with Crippen molar-refractivity contribution < 1.29 is 0 Å². The number of hydrogen-bond acceptors (Lipinski definition) is 0. The smallest absolute Gasteiger partial charge is 0.0660 e. The summed E-state index contributed by atoms with van der Waals surface area (Å²) in [5.41, 5.74) is 4.91.